The second-order valence-corrected chi connectivity index (χ2v) is 9.95. The molecule has 0 saturated carbocycles. The fourth-order valence-corrected chi connectivity index (χ4v) is 4.68. The Morgan fingerprint density at radius 2 is 1.56 bits per heavy atom. The molecule has 0 spiro atoms. The largest absolute Gasteiger partial charge is 0.493 e. The van der Waals surface area contributed by atoms with Crippen LogP contribution in [0, 0.1) is 13.8 Å². The second-order valence-electron chi connectivity index (χ2n) is 9.03. The summed E-state index contributed by atoms with van der Waals surface area (Å²) in [5.74, 6) is -0.968. The standard InChI is InChI=1S/C29H29BrN4O5/c1-17-11-18(2)13-22(12-17)32-27(35)24-16-20-15-21(30)6-7-23(20)34(24)33-29(37)28(36)31-10-9-19-5-8-25(38-3)26(14-19)39-4/h5-8,11-16H,9-10H2,1-4H3,(H,31,36)(H,32,35)(H,33,37). The maximum atomic E-state index is 13.3. The third-order valence-corrected chi connectivity index (χ3v) is 6.54. The minimum atomic E-state index is -0.900. The van der Waals surface area contributed by atoms with Crippen LogP contribution in [0.1, 0.15) is 27.2 Å². The smallest absolute Gasteiger partial charge is 0.328 e. The van der Waals surface area contributed by atoms with Crippen LogP contribution in [0.3, 0.4) is 0 Å². The van der Waals surface area contributed by atoms with Crippen molar-refractivity contribution in [3.63, 3.8) is 0 Å². The number of carbonyl (C=O) groups is 3. The maximum Gasteiger partial charge on any atom is 0.328 e. The number of nitrogens with one attached hydrogen (secondary N) is 3. The van der Waals surface area contributed by atoms with E-state index < -0.39 is 17.7 Å². The highest BCUT2D eigenvalue weighted by atomic mass is 79.9. The van der Waals surface area contributed by atoms with Gasteiger partial charge in [0.1, 0.15) is 5.69 Å². The highest BCUT2D eigenvalue weighted by Crippen LogP contribution is 2.28. The molecule has 3 aromatic carbocycles. The third kappa shape index (κ3) is 6.58. The third-order valence-electron chi connectivity index (χ3n) is 6.04. The van der Waals surface area contributed by atoms with Crippen LogP contribution in [0.5, 0.6) is 11.5 Å². The molecule has 0 bridgehead atoms. The molecule has 0 unspecified atom stereocenters. The molecule has 0 atom stereocenters. The van der Waals surface area contributed by atoms with Crippen LogP contribution in [0.4, 0.5) is 5.69 Å². The van der Waals surface area contributed by atoms with Gasteiger partial charge in [-0.15, -0.1) is 0 Å². The first-order valence-corrected chi connectivity index (χ1v) is 13.0. The van der Waals surface area contributed by atoms with Gasteiger partial charge in [-0.25, -0.2) is 4.68 Å². The summed E-state index contributed by atoms with van der Waals surface area (Å²) in [6.07, 6.45) is 0.476. The molecule has 3 N–H and O–H groups in total. The number of hydrogen-bond donors (Lipinski definition) is 3. The molecule has 1 heterocycles. The van der Waals surface area contributed by atoms with Crippen molar-refractivity contribution < 1.29 is 23.9 Å². The van der Waals surface area contributed by atoms with Crippen molar-refractivity contribution >= 4 is 50.2 Å². The van der Waals surface area contributed by atoms with Gasteiger partial charge in [0, 0.05) is 22.1 Å². The molecule has 202 valence electrons. The van der Waals surface area contributed by atoms with Gasteiger partial charge in [-0.3, -0.25) is 19.8 Å². The van der Waals surface area contributed by atoms with Gasteiger partial charge in [-0.05, 0) is 85.5 Å². The second kappa shape index (κ2) is 12.0. The fourth-order valence-electron chi connectivity index (χ4n) is 4.30. The first-order valence-electron chi connectivity index (χ1n) is 12.2. The molecule has 1 aromatic heterocycles. The summed E-state index contributed by atoms with van der Waals surface area (Å²) in [7, 11) is 3.11. The molecule has 39 heavy (non-hydrogen) atoms. The monoisotopic (exact) mass is 592 g/mol. The van der Waals surface area contributed by atoms with Crippen LogP contribution >= 0.6 is 15.9 Å². The summed E-state index contributed by atoms with van der Waals surface area (Å²) in [4.78, 5) is 38.8. The van der Waals surface area contributed by atoms with Gasteiger partial charge in [-0.2, -0.15) is 0 Å². The molecule has 0 aliphatic carbocycles. The first-order chi connectivity index (χ1) is 18.7. The van der Waals surface area contributed by atoms with Crippen molar-refractivity contribution in [2.45, 2.75) is 20.3 Å². The van der Waals surface area contributed by atoms with Crippen molar-refractivity contribution in [2.75, 3.05) is 31.5 Å². The highest BCUT2D eigenvalue weighted by molar-refractivity contribution is 9.10. The summed E-state index contributed by atoms with van der Waals surface area (Å²) in [5.41, 5.74) is 6.87. The molecule has 0 aliphatic heterocycles. The molecule has 0 saturated heterocycles. The molecule has 4 aromatic rings. The van der Waals surface area contributed by atoms with Crippen molar-refractivity contribution in [3.8, 4) is 11.5 Å². The number of anilines is 1. The lowest BCUT2D eigenvalue weighted by molar-refractivity contribution is -0.136. The van der Waals surface area contributed by atoms with E-state index in [1.807, 2.05) is 50.2 Å². The Labute approximate surface area is 234 Å². The van der Waals surface area contributed by atoms with Gasteiger partial charge in [0.05, 0.1) is 19.7 Å². The number of ether oxygens (including phenoxy) is 2. The van der Waals surface area contributed by atoms with E-state index >= 15 is 0 Å². The Kier molecular flexibility index (Phi) is 8.55. The van der Waals surface area contributed by atoms with E-state index in [1.54, 1.807) is 38.5 Å². The molecule has 4 rings (SSSR count). The van der Waals surface area contributed by atoms with Crippen LogP contribution < -0.4 is 25.5 Å². The lowest BCUT2D eigenvalue weighted by atomic mass is 10.1. The van der Waals surface area contributed by atoms with Crippen LogP contribution in [-0.2, 0) is 16.0 Å². The minimum absolute atomic E-state index is 0.175. The Bertz CT molecular complexity index is 1540. The number of methoxy groups -OCH3 is 2. The number of amides is 3. The summed E-state index contributed by atoms with van der Waals surface area (Å²) in [6.45, 7) is 4.11. The zero-order chi connectivity index (χ0) is 28.1. The van der Waals surface area contributed by atoms with Crippen LogP contribution in [-0.4, -0.2) is 43.2 Å². The molecular weight excluding hydrogens is 564 g/mol. The fraction of sp³-hybridized carbons (Fsp3) is 0.207. The number of aromatic nitrogens is 1. The van der Waals surface area contributed by atoms with Gasteiger partial charge in [0.2, 0.25) is 0 Å². The molecule has 0 radical (unpaired) electrons. The molecule has 3 amide bonds. The van der Waals surface area contributed by atoms with E-state index in [4.69, 9.17) is 9.47 Å². The Balaban J connectivity index is 1.49. The number of rotatable bonds is 8. The number of nitrogens with zero attached hydrogens (tertiary/aromatic N) is 1. The quantitative estimate of drug-likeness (QED) is 0.256. The molecule has 0 aliphatic rings. The Morgan fingerprint density at radius 3 is 2.26 bits per heavy atom. The summed E-state index contributed by atoms with van der Waals surface area (Å²) in [6, 6.07) is 18.2. The number of hydrogen-bond acceptors (Lipinski definition) is 5. The number of fused-ring (bicyclic) bond motifs is 1. The molecule has 0 fully saturated rings. The summed E-state index contributed by atoms with van der Waals surface area (Å²) in [5, 5.41) is 6.22. The van der Waals surface area contributed by atoms with E-state index in [0.717, 1.165) is 21.2 Å². The number of benzene rings is 3. The predicted molar refractivity (Wildman–Crippen MR) is 154 cm³/mol. The highest BCUT2D eigenvalue weighted by Gasteiger charge is 2.21. The van der Waals surface area contributed by atoms with Crippen molar-refractivity contribution in [3.05, 3.63) is 87.5 Å². The lowest BCUT2D eigenvalue weighted by Crippen LogP contribution is -2.40. The minimum Gasteiger partial charge on any atom is -0.493 e. The van der Waals surface area contributed by atoms with Crippen molar-refractivity contribution in [1.82, 2.24) is 9.99 Å². The molecule has 9 nitrogen and oxygen atoms in total. The number of carbonyl (C=O) groups excluding carboxylic acids is 3. The van der Waals surface area contributed by atoms with E-state index in [9.17, 15) is 14.4 Å². The molecule has 10 heteroatoms. The Hall–Kier alpha value is -4.31. The van der Waals surface area contributed by atoms with Gasteiger partial charge >= 0.3 is 11.8 Å². The van der Waals surface area contributed by atoms with E-state index in [-0.39, 0.29) is 12.2 Å². The zero-order valence-electron chi connectivity index (χ0n) is 22.1. The van der Waals surface area contributed by atoms with Gasteiger partial charge in [0.25, 0.3) is 5.91 Å². The lowest BCUT2D eigenvalue weighted by Gasteiger charge is -2.13. The predicted octanol–water partition coefficient (Wildman–Crippen LogP) is 4.72. The van der Waals surface area contributed by atoms with Crippen LogP contribution in [0.25, 0.3) is 10.9 Å². The summed E-state index contributed by atoms with van der Waals surface area (Å²) >= 11 is 3.44. The topological polar surface area (TPSA) is 111 Å². The zero-order valence-corrected chi connectivity index (χ0v) is 23.6. The number of aryl methyl sites for hydroxylation is 2. The van der Waals surface area contributed by atoms with Crippen LogP contribution in [0.15, 0.2) is 65.1 Å². The number of halogens is 1. The Morgan fingerprint density at radius 1 is 0.846 bits per heavy atom. The average Bonchev–Trinajstić information content (AvgIpc) is 3.25. The van der Waals surface area contributed by atoms with Gasteiger partial charge in [0.15, 0.2) is 11.5 Å². The SMILES string of the molecule is COc1ccc(CCNC(=O)C(=O)Nn2c(C(=O)Nc3cc(C)cc(C)c3)cc3cc(Br)ccc32)cc1OC. The van der Waals surface area contributed by atoms with Crippen molar-refractivity contribution in [2.24, 2.45) is 0 Å². The van der Waals surface area contributed by atoms with E-state index in [0.29, 0.717) is 34.5 Å². The normalized spacial score (nSPS) is 10.7. The summed E-state index contributed by atoms with van der Waals surface area (Å²) < 4.78 is 12.7. The van der Waals surface area contributed by atoms with Gasteiger partial charge in [-0.1, -0.05) is 28.1 Å². The van der Waals surface area contributed by atoms with Crippen LogP contribution in [0.2, 0.25) is 0 Å². The molecular formula is C29H29BrN4O5. The maximum absolute atomic E-state index is 13.3. The van der Waals surface area contributed by atoms with Crippen molar-refractivity contribution in [1.29, 1.82) is 0 Å². The van der Waals surface area contributed by atoms with E-state index in [2.05, 4.69) is 32.0 Å². The van der Waals surface area contributed by atoms with E-state index in [1.165, 1.54) is 4.68 Å². The average molecular weight is 593 g/mol. The van der Waals surface area contributed by atoms with Gasteiger partial charge < -0.3 is 20.1 Å². The first kappa shape index (κ1) is 27.7.